The third-order valence-electron chi connectivity index (χ3n) is 1.20. The van der Waals surface area contributed by atoms with Crippen molar-refractivity contribution in [1.82, 2.24) is 4.98 Å². The molecular weight excluding hydrogens is 151 g/mol. The van der Waals surface area contributed by atoms with E-state index in [1.807, 2.05) is 0 Å². The van der Waals surface area contributed by atoms with E-state index in [-0.39, 0.29) is 11.6 Å². The third-order valence-corrected chi connectivity index (χ3v) is 1.20. The number of hydrogen-bond acceptors (Lipinski definition) is 4. The summed E-state index contributed by atoms with van der Waals surface area (Å²) in [5, 5.41) is 9.03. The molecule has 1 aromatic rings. The first-order valence-electron chi connectivity index (χ1n) is 2.83. The predicted octanol–water partition coefficient (Wildman–Crippen LogP) is 0.517. The van der Waals surface area contributed by atoms with Gasteiger partial charge in [0.1, 0.15) is 5.69 Å². The van der Waals surface area contributed by atoms with Crippen molar-refractivity contribution < 1.29 is 14.2 Å². The highest BCUT2D eigenvalue weighted by Gasteiger charge is 2.10. The van der Waals surface area contributed by atoms with Gasteiger partial charge >= 0.3 is 0 Å². The Morgan fingerprint density at radius 3 is 2.91 bits per heavy atom. The molecule has 1 rings (SSSR count). The summed E-state index contributed by atoms with van der Waals surface area (Å²) in [5.74, 6) is -1.31. The Morgan fingerprint density at radius 1 is 1.73 bits per heavy atom. The van der Waals surface area contributed by atoms with Gasteiger partial charge in [-0.1, -0.05) is 0 Å². The molecule has 0 spiro atoms. The van der Waals surface area contributed by atoms with E-state index in [4.69, 9.17) is 10.8 Å². The van der Waals surface area contributed by atoms with Gasteiger partial charge in [-0.3, -0.25) is 0 Å². The Labute approximate surface area is 62.4 Å². The molecule has 0 saturated carbocycles. The minimum absolute atomic E-state index is 0.0797. The molecule has 0 amide bonds. The average Bonchev–Trinajstić information content (AvgIpc) is 2.01. The Hall–Kier alpha value is -1.52. The molecule has 1 heterocycles. The predicted molar refractivity (Wildman–Crippen MR) is 36.8 cm³/mol. The molecule has 0 aliphatic rings. The van der Waals surface area contributed by atoms with Crippen molar-refractivity contribution in [3.05, 3.63) is 12.0 Å². The fourth-order valence-corrected chi connectivity index (χ4v) is 0.624. The average molecular weight is 158 g/mol. The van der Waals surface area contributed by atoms with Gasteiger partial charge in [0.25, 0.3) is 5.88 Å². The molecule has 0 aliphatic carbocycles. The fraction of sp³-hybridized carbons (Fsp3) is 0.167. The number of aromatic hydroxyl groups is 1. The molecule has 0 radical (unpaired) electrons. The maximum atomic E-state index is 12.5. The Bertz CT molecular complexity index is 278. The van der Waals surface area contributed by atoms with Gasteiger partial charge in [-0.2, -0.15) is 0 Å². The second-order valence-corrected chi connectivity index (χ2v) is 1.88. The Kier molecular flexibility index (Phi) is 1.80. The van der Waals surface area contributed by atoms with Crippen LogP contribution in [0, 0.1) is 5.82 Å². The van der Waals surface area contributed by atoms with E-state index >= 15 is 0 Å². The van der Waals surface area contributed by atoms with Crippen LogP contribution in [0.1, 0.15) is 0 Å². The molecule has 3 N–H and O–H groups in total. The van der Waals surface area contributed by atoms with E-state index in [1.165, 1.54) is 7.11 Å². The lowest BCUT2D eigenvalue weighted by molar-refractivity contribution is 0.357. The van der Waals surface area contributed by atoms with Gasteiger partial charge in [-0.05, 0) is 0 Å². The van der Waals surface area contributed by atoms with Crippen LogP contribution < -0.4 is 10.5 Å². The molecule has 11 heavy (non-hydrogen) atoms. The zero-order chi connectivity index (χ0) is 8.43. The van der Waals surface area contributed by atoms with E-state index < -0.39 is 11.6 Å². The summed E-state index contributed by atoms with van der Waals surface area (Å²) in [6.45, 7) is 0. The fourth-order valence-electron chi connectivity index (χ4n) is 0.624. The number of hydrogen-bond donors (Lipinski definition) is 2. The number of aromatic nitrogens is 1. The van der Waals surface area contributed by atoms with Crippen molar-refractivity contribution in [3.8, 4) is 11.6 Å². The largest absolute Gasteiger partial charge is 0.502 e. The van der Waals surface area contributed by atoms with Crippen LogP contribution in [0.4, 0.5) is 10.1 Å². The molecule has 5 heteroatoms. The zero-order valence-corrected chi connectivity index (χ0v) is 5.84. The maximum Gasteiger partial charge on any atom is 0.258 e. The van der Waals surface area contributed by atoms with Crippen molar-refractivity contribution in [2.75, 3.05) is 12.8 Å². The molecule has 0 fully saturated rings. The van der Waals surface area contributed by atoms with E-state index in [2.05, 4.69) is 9.72 Å². The van der Waals surface area contributed by atoms with Crippen LogP contribution in [-0.4, -0.2) is 17.2 Å². The molecule has 0 saturated heterocycles. The molecule has 0 unspecified atom stereocenters. The first kappa shape index (κ1) is 7.59. The summed E-state index contributed by atoms with van der Waals surface area (Å²) in [6, 6.07) is 0. The van der Waals surface area contributed by atoms with Crippen molar-refractivity contribution in [2.24, 2.45) is 0 Å². The SMILES string of the molecule is COc1ncc(F)c(N)c1O. The molecule has 0 bridgehead atoms. The number of halogens is 1. The quantitative estimate of drug-likeness (QED) is 0.625. The van der Waals surface area contributed by atoms with Gasteiger partial charge in [-0.15, -0.1) is 0 Å². The topological polar surface area (TPSA) is 68.4 Å². The number of nitrogens with two attached hydrogens (primary N) is 1. The highest BCUT2D eigenvalue weighted by Crippen LogP contribution is 2.30. The molecule has 0 atom stereocenters. The summed E-state index contributed by atoms with van der Waals surface area (Å²) < 4.78 is 17.1. The van der Waals surface area contributed by atoms with Gasteiger partial charge in [0.2, 0.25) is 5.75 Å². The number of ether oxygens (including phenoxy) is 1. The van der Waals surface area contributed by atoms with E-state index in [0.717, 1.165) is 6.20 Å². The van der Waals surface area contributed by atoms with Crippen LogP contribution in [0.2, 0.25) is 0 Å². The molecule has 0 aromatic carbocycles. The van der Waals surface area contributed by atoms with E-state index in [0.29, 0.717) is 0 Å². The van der Waals surface area contributed by atoms with Gasteiger partial charge in [0, 0.05) is 0 Å². The van der Waals surface area contributed by atoms with Crippen LogP contribution >= 0.6 is 0 Å². The third kappa shape index (κ3) is 1.17. The van der Waals surface area contributed by atoms with Gasteiger partial charge in [0.05, 0.1) is 13.3 Å². The summed E-state index contributed by atoms with van der Waals surface area (Å²) in [6.07, 6.45) is 0.883. The van der Waals surface area contributed by atoms with Crippen molar-refractivity contribution in [3.63, 3.8) is 0 Å². The summed E-state index contributed by atoms with van der Waals surface area (Å²) in [5.41, 5.74) is 4.76. The zero-order valence-electron chi connectivity index (χ0n) is 5.84. The number of nitrogens with zero attached hydrogens (tertiary/aromatic N) is 1. The molecule has 60 valence electrons. The van der Waals surface area contributed by atoms with Crippen LogP contribution in [0.5, 0.6) is 11.6 Å². The molecule has 4 nitrogen and oxygen atoms in total. The van der Waals surface area contributed by atoms with E-state index in [1.54, 1.807) is 0 Å². The molecule has 0 aliphatic heterocycles. The highest BCUT2D eigenvalue weighted by atomic mass is 19.1. The summed E-state index contributed by atoms with van der Waals surface area (Å²) in [7, 11) is 1.30. The molecular formula is C6H7FN2O2. The summed E-state index contributed by atoms with van der Waals surface area (Å²) in [4.78, 5) is 3.43. The normalized spacial score (nSPS) is 9.64. The van der Waals surface area contributed by atoms with Crippen LogP contribution in [-0.2, 0) is 0 Å². The maximum absolute atomic E-state index is 12.5. The number of pyridine rings is 1. The van der Waals surface area contributed by atoms with Gasteiger partial charge < -0.3 is 15.6 Å². The first-order chi connectivity index (χ1) is 5.16. The lowest BCUT2D eigenvalue weighted by atomic mass is 10.3. The van der Waals surface area contributed by atoms with Crippen molar-refractivity contribution in [2.45, 2.75) is 0 Å². The highest BCUT2D eigenvalue weighted by molar-refractivity contribution is 5.56. The van der Waals surface area contributed by atoms with Crippen LogP contribution in [0.25, 0.3) is 0 Å². The standard InChI is InChI=1S/C6H7FN2O2/c1-11-6-5(10)4(8)3(7)2-9-6/h2,10H,1H3,(H2,8,9). The van der Waals surface area contributed by atoms with Gasteiger partial charge in [-0.25, -0.2) is 9.37 Å². The minimum Gasteiger partial charge on any atom is -0.502 e. The number of anilines is 1. The van der Waals surface area contributed by atoms with E-state index in [9.17, 15) is 4.39 Å². The Balaban J connectivity index is 3.25. The summed E-state index contributed by atoms with van der Waals surface area (Å²) >= 11 is 0. The van der Waals surface area contributed by atoms with Crippen molar-refractivity contribution in [1.29, 1.82) is 0 Å². The number of methoxy groups -OCH3 is 1. The minimum atomic E-state index is -0.761. The van der Waals surface area contributed by atoms with Crippen LogP contribution in [0.3, 0.4) is 0 Å². The number of nitrogen functional groups attached to an aromatic ring is 1. The van der Waals surface area contributed by atoms with Crippen molar-refractivity contribution >= 4 is 5.69 Å². The molecule has 1 aromatic heterocycles. The van der Waals surface area contributed by atoms with Gasteiger partial charge in [0.15, 0.2) is 5.82 Å². The van der Waals surface area contributed by atoms with Crippen LogP contribution in [0.15, 0.2) is 6.20 Å². The first-order valence-corrected chi connectivity index (χ1v) is 2.83. The second-order valence-electron chi connectivity index (χ2n) is 1.88. The Morgan fingerprint density at radius 2 is 2.36 bits per heavy atom. The lowest BCUT2D eigenvalue weighted by Crippen LogP contribution is -1.96. The smallest absolute Gasteiger partial charge is 0.258 e. The monoisotopic (exact) mass is 158 g/mol. The lowest BCUT2D eigenvalue weighted by Gasteiger charge is -2.03. The number of rotatable bonds is 1. The second kappa shape index (κ2) is 2.61.